The van der Waals surface area contributed by atoms with E-state index in [1.54, 1.807) is 0 Å². The van der Waals surface area contributed by atoms with Gasteiger partial charge in [0.1, 0.15) is 11.0 Å². The highest BCUT2D eigenvalue weighted by Crippen LogP contribution is 2.39. The zero-order valence-corrected chi connectivity index (χ0v) is 32.5. The van der Waals surface area contributed by atoms with E-state index in [1.165, 1.54) is 22.9 Å². The first-order valence-electron chi connectivity index (χ1n) is 19.6. The lowest BCUT2D eigenvalue weighted by Crippen LogP contribution is -1.96. The maximum Gasteiger partial charge on any atom is 0.160 e. The number of rotatable bonds is 7. The molecule has 276 valence electrons. The Bertz CT molecular complexity index is 3190. The third-order valence-corrected chi connectivity index (χ3v) is 11.5. The molecule has 0 aliphatic carbocycles. The summed E-state index contributed by atoms with van der Waals surface area (Å²) < 4.78 is 9.31. The third-order valence-electron chi connectivity index (χ3n) is 11.0. The molecule has 0 aliphatic heterocycles. The molecule has 0 unspecified atom stereocenters. The maximum atomic E-state index is 5.31. The number of nitrogens with zero attached hydrogens (tertiary/aromatic N) is 5. The highest BCUT2D eigenvalue weighted by atomic mass is 32.1. The standard InChI is InChI=1S/C53H33N5S/c1-4-11-34(12-5-1)36-19-23-38(24-20-36)47-33-48(56-53(55-47)40-25-21-37(22-26-40)35-13-6-2-7-14-35)43-18-10-17-41(31-43)42-27-28-44-49(32-42)54-51(39-15-8-3-9-16-39)45-29-30-46-52(50(44)45)58-59-57-46/h1-33H. The first-order chi connectivity index (χ1) is 29.2. The Morgan fingerprint density at radius 1 is 0.305 bits per heavy atom. The van der Waals surface area contributed by atoms with E-state index < -0.39 is 0 Å². The fourth-order valence-corrected chi connectivity index (χ4v) is 8.51. The van der Waals surface area contributed by atoms with Crippen LogP contribution in [0.1, 0.15) is 0 Å². The van der Waals surface area contributed by atoms with Gasteiger partial charge in [-0.3, -0.25) is 0 Å². The van der Waals surface area contributed by atoms with Crippen molar-refractivity contribution in [2.24, 2.45) is 0 Å². The number of fused-ring (bicyclic) bond motifs is 5. The summed E-state index contributed by atoms with van der Waals surface area (Å²) in [6.45, 7) is 0. The van der Waals surface area contributed by atoms with Crippen LogP contribution < -0.4 is 0 Å². The second-order valence-corrected chi connectivity index (χ2v) is 15.1. The Labute approximate surface area is 345 Å². The lowest BCUT2D eigenvalue weighted by molar-refractivity contribution is 1.18. The van der Waals surface area contributed by atoms with E-state index in [1.807, 2.05) is 24.3 Å². The van der Waals surface area contributed by atoms with E-state index >= 15 is 0 Å². The topological polar surface area (TPSA) is 64.5 Å². The molecule has 0 fully saturated rings. The summed E-state index contributed by atoms with van der Waals surface area (Å²) in [6, 6.07) is 69.8. The molecule has 11 rings (SSSR count). The molecule has 0 amide bonds. The van der Waals surface area contributed by atoms with Crippen molar-refractivity contribution in [3.05, 3.63) is 200 Å². The highest BCUT2D eigenvalue weighted by Gasteiger charge is 2.17. The van der Waals surface area contributed by atoms with Gasteiger partial charge in [0.25, 0.3) is 0 Å². The molecule has 0 bridgehead atoms. The van der Waals surface area contributed by atoms with Crippen LogP contribution in [0.5, 0.6) is 0 Å². The van der Waals surface area contributed by atoms with Crippen molar-refractivity contribution in [3.63, 3.8) is 0 Å². The molecular weight excluding hydrogens is 739 g/mol. The third kappa shape index (κ3) is 6.52. The molecule has 3 heterocycles. The fourth-order valence-electron chi connectivity index (χ4n) is 7.97. The van der Waals surface area contributed by atoms with Crippen molar-refractivity contribution in [3.8, 4) is 78.5 Å². The first-order valence-corrected chi connectivity index (χ1v) is 20.3. The van der Waals surface area contributed by atoms with Crippen LogP contribution in [0.3, 0.4) is 0 Å². The average Bonchev–Trinajstić information content (AvgIpc) is 3.81. The molecule has 0 N–H and O–H groups in total. The van der Waals surface area contributed by atoms with Gasteiger partial charge in [0.15, 0.2) is 5.82 Å². The van der Waals surface area contributed by atoms with Gasteiger partial charge in [-0.05, 0) is 63.7 Å². The lowest BCUT2D eigenvalue weighted by Gasteiger charge is -2.13. The molecule has 11 aromatic rings. The Kier molecular flexibility index (Phi) is 8.60. The Morgan fingerprint density at radius 2 is 0.814 bits per heavy atom. The van der Waals surface area contributed by atoms with E-state index in [2.05, 4.69) is 180 Å². The Balaban J connectivity index is 1.03. The average molecular weight is 772 g/mol. The van der Waals surface area contributed by atoms with Gasteiger partial charge in [0, 0.05) is 38.4 Å². The summed E-state index contributed by atoms with van der Waals surface area (Å²) in [5.41, 5.74) is 16.2. The molecular formula is C53H33N5S. The van der Waals surface area contributed by atoms with Crippen molar-refractivity contribution < 1.29 is 0 Å². The van der Waals surface area contributed by atoms with Gasteiger partial charge < -0.3 is 0 Å². The molecule has 6 heteroatoms. The van der Waals surface area contributed by atoms with Crippen molar-refractivity contribution in [1.29, 1.82) is 0 Å². The normalized spacial score (nSPS) is 11.4. The molecule has 0 radical (unpaired) electrons. The zero-order valence-electron chi connectivity index (χ0n) is 31.7. The smallest absolute Gasteiger partial charge is 0.160 e. The van der Waals surface area contributed by atoms with E-state index in [9.17, 15) is 0 Å². The minimum absolute atomic E-state index is 0.674. The Morgan fingerprint density at radius 3 is 1.49 bits per heavy atom. The van der Waals surface area contributed by atoms with Gasteiger partial charge in [-0.2, -0.15) is 8.75 Å². The number of hydrogen-bond donors (Lipinski definition) is 0. The first kappa shape index (κ1) is 34.6. The zero-order chi connectivity index (χ0) is 39.1. The van der Waals surface area contributed by atoms with Gasteiger partial charge in [-0.25, -0.2) is 15.0 Å². The monoisotopic (exact) mass is 771 g/mol. The van der Waals surface area contributed by atoms with Crippen LogP contribution in [0, 0.1) is 0 Å². The van der Waals surface area contributed by atoms with Gasteiger partial charge in [-0.15, -0.1) is 0 Å². The molecule has 0 spiro atoms. The van der Waals surface area contributed by atoms with Crippen LogP contribution in [0.15, 0.2) is 200 Å². The van der Waals surface area contributed by atoms with Crippen LogP contribution >= 0.6 is 11.7 Å². The molecule has 0 atom stereocenters. The summed E-state index contributed by atoms with van der Waals surface area (Å²) in [4.78, 5) is 15.7. The quantitative estimate of drug-likeness (QED) is 0.151. The van der Waals surface area contributed by atoms with Crippen molar-refractivity contribution >= 4 is 44.4 Å². The largest absolute Gasteiger partial charge is 0.247 e. The van der Waals surface area contributed by atoms with Crippen molar-refractivity contribution in [2.75, 3.05) is 0 Å². The van der Waals surface area contributed by atoms with E-state index in [0.29, 0.717) is 5.82 Å². The summed E-state index contributed by atoms with van der Waals surface area (Å²) >= 11 is 1.24. The summed E-state index contributed by atoms with van der Waals surface area (Å²) in [6.07, 6.45) is 0. The Hall–Kier alpha value is -7.67. The SMILES string of the molecule is c1ccc(-c2ccc(-c3cc(-c4cccc(-c5ccc6c(c5)nc(-c5ccccc5)c5ccc7nsnc7c56)c4)nc(-c4ccc(-c5ccccc5)cc4)n3)cc2)cc1. The van der Waals surface area contributed by atoms with Gasteiger partial charge >= 0.3 is 0 Å². The van der Waals surface area contributed by atoms with Crippen LogP contribution in [0.2, 0.25) is 0 Å². The predicted octanol–water partition coefficient (Wildman–Crippen LogP) is 13.9. The second kappa shape index (κ2) is 14.7. The number of aromatic nitrogens is 5. The van der Waals surface area contributed by atoms with Crippen molar-refractivity contribution in [1.82, 2.24) is 23.7 Å². The summed E-state index contributed by atoms with van der Waals surface area (Å²) in [7, 11) is 0. The molecule has 0 aliphatic rings. The predicted molar refractivity (Wildman–Crippen MR) is 244 cm³/mol. The molecule has 0 saturated heterocycles. The van der Waals surface area contributed by atoms with E-state index in [-0.39, 0.29) is 0 Å². The minimum Gasteiger partial charge on any atom is -0.247 e. The lowest BCUT2D eigenvalue weighted by atomic mass is 9.96. The maximum absolute atomic E-state index is 5.31. The van der Waals surface area contributed by atoms with Crippen molar-refractivity contribution in [2.45, 2.75) is 0 Å². The van der Waals surface area contributed by atoms with Gasteiger partial charge in [0.05, 0.1) is 34.3 Å². The highest BCUT2D eigenvalue weighted by molar-refractivity contribution is 7.00. The van der Waals surface area contributed by atoms with Crippen LogP contribution in [0.4, 0.5) is 0 Å². The van der Waals surface area contributed by atoms with Crippen LogP contribution in [-0.2, 0) is 0 Å². The summed E-state index contributed by atoms with van der Waals surface area (Å²) in [5.74, 6) is 0.674. The molecule has 59 heavy (non-hydrogen) atoms. The van der Waals surface area contributed by atoms with Gasteiger partial charge in [-0.1, -0.05) is 170 Å². The summed E-state index contributed by atoms with van der Waals surface area (Å²) in [5, 5.41) is 3.20. The molecule has 3 aromatic heterocycles. The number of pyridine rings is 1. The van der Waals surface area contributed by atoms with E-state index in [4.69, 9.17) is 19.3 Å². The fraction of sp³-hybridized carbons (Fsp3) is 0. The number of hydrogen-bond acceptors (Lipinski definition) is 6. The molecule has 5 nitrogen and oxygen atoms in total. The molecule has 8 aromatic carbocycles. The number of benzene rings is 8. The molecule has 0 saturated carbocycles. The van der Waals surface area contributed by atoms with Crippen LogP contribution in [-0.4, -0.2) is 23.7 Å². The van der Waals surface area contributed by atoms with Crippen LogP contribution in [0.25, 0.3) is 111 Å². The van der Waals surface area contributed by atoms with E-state index in [0.717, 1.165) is 94.3 Å². The second-order valence-electron chi connectivity index (χ2n) is 14.6. The minimum atomic E-state index is 0.674. The van der Waals surface area contributed by atoms with Gasteiger partial charge in [0.2, 0.25) is 0 Å².